The third-order valence-corrected chi connectivity index (χ3v) is 3.44. The van der Waals surface area contributed by atoms with Gasteiger partial charge in [-0.15, -0.1) is 0 Å². The van der Waals surface area contributed by atoms with Crippen molar-refractivity contribution in [2.75, 3.05) is 18.0 Å². The molecule has 0 saturated carbocycles. The van der Waals surface area contributed by atoms with Gasteiger partial charge in [0.1, 0.15) is 6.04 Å². The molecule has 0 aromatic heterocycles. The SMILES string of the molecule is N#Cc1ccc(N2CCC(NC(=O)NCCC(=O)O)C2=O)cc1. The van der Waals surface area contributed by atoms with Crippen LogP contribution in [0, 0.1) is 11.3 Å². The molecule has 1 aliphatic heterocycles. The molecule has 1 aromatic rings. The van der Waals surface area contributed by atoms with Gasteiger partial charge in [-0.05, 0) is 30.7 Å². The molecule has 0 spiro atoms. The van der Waals surface area contributed by atoms with Gasteiger partial charge in [-0.1, -0.05) is 0 Å². The number of benzene rings is 1. The predicted octanol–water partition coefficient (Wildman–Crippen LogP) is 0.437. The van der Waals surface area contributed by atoms with Crippen molar-refractivity contribution in [1.82, 2.24) is 10.6 Å². The van der Waals surface area contributed by atoms with Gasteiger partial charge < -0.3 is 20.6 Å². The van der Waals surface area contributed by atoms with Crippen LogP contribution in [0.1, 0.15) is 18.4 Å². The highest BCUT2D eigenvalue weighted by molar-refractivity contribution is 6.01. The van der Waals surface area contributed by atoms with E-state index in [4.69, 9.17) is 10.4 Å². The summed E-state index contributed by atoms with van der Waals surface area (Å²) in [5.74, 6) is -1.24. The topological polar surface area (TPSA) is 123 Å². The lowest BCUT2D eigenvalue weighted by atomic mass is 10.2. The lowest BCUT2D eigenvalue weighted by Crippen LogP contribution is -2.46. The standard InChI is InChI=1S/C15H16N4O4/c16-9-10-1-3-11(4-2-10)19-8-6-12(14(19)22)18-15(23)17-7-5-13(20)21/h1-4,12H,5-8H2,(H,20,21)(H2,17,18,23). The van der Waals surface area contributed by atoms with E-state index in [2.05, 4.69) is 10.6 Å². The van der Waals surface area contributed by atoms with Crippen LogP contribution in [0.15, 0.2) is 24.3 Å². The Morgan fingerprint density at radius 2 is 2.04 bits per heavy atom. The zero-order valence-corrected chi connectivity index (χ0v) is 12.3. The average molecular weight is 316 g/mol. The summed E-state index contributed by atoms with van der Waals surface area (Å²) >= 11 is 0. The highest BCUT2D eigenvalue weighted by Crippen LogP contribution is 2.21. The summed E-state index contributed by atoms with van der Waals surface area (Å²) < 4.78 is 0. The molecule has 1 fully saturated rings. The summed E-state index contributed by atoms with van der Waals surface area (Å²) in [4.78, 5) is 35.8. The minimum absolute atomic E-state index is 0.00140. The summed E-state index contributed by atoms with van der Waals surface area (Å²) in [5.41, 5.74) is 1.18. The lowest BCUT2D eigenvalue weighted by molar-refractivity contribution is -0.136. The lowest BCUT2D eigenvalue weighted by Gasteiger charge is -2.17. The van der Waals surface area contributed by atoms with Gasteiger partial charge in [0.25, 0.3) is 0 Å². The maximum atomic E-state index is 12.3. The summed E-state index contributed by atoms with van der Waals surface area (Å²) in [6, 6.07) is 7.43. The molecule has 1 unspecified atom stereocenters. The Bertz CT molecular complexity index is 650. The highest BCUT2D eigenvalue weighted by atomic mass is 16.4. The van der Waals surface area contributed by atoms with Gasteiger partial charge in [-0.3, -0.25) is 9.59 Å². The number of aliphatic carboxylic acids is 1. The van der Waals surface area contributed by atoms with Crippen molar-refractivity contribution in [2.24, 2.45) is 0 Å². The van der Waals surface area contributed by atoms with E-state index in [1.165, 1.54) is 0 Å². The minimum atomic E-state index is -1.01. The molecular formula is C15H16N4O4. The normalized spacial score (nSPS) is 16.7. The Balaban J connectivity index is 1.89. The maximum absolute atomic E-state index is 12.3. The Morgan fingerprint density at radius 1 is 1.35 bits per heavy atom. The van der Waals surface area contributed by atoms with E-state index in [9.17, 15) is 14.4 Å². The van der Waals surface area contributed by atoms with Crippen molar-refractivity contribution in [3.05, 3.63) is 29.8 Å². The first-order valence-corrected chi connectivity index (χ1v) is 7.09. The Kier molecular flexibility index (Phi) is 5.15. The molecule has 1 aliphatic rings. The largest absolute Gasteiger partial charge is 0.481 e. The third-order valence-electron chi connectivity index (χ3n) is 3.44. The second-order valence-electron chi connectivity index (χ2n) is 5.03. The van der Waals surface area contributed by atoms with Crippen LogP contribution in [0.3, 0.4) is 0 Å². The van der Waals surface area contributed by atoms with Gasteiger partial charge in [-0.2, -0.15) is 5.26 Å². The van der Waals surface area contributed by atoms with Crippen molar-refractivity contribution >= 4 is 23.6 Å². The van der Waals surface area contributed by atoms with Crippen LogP contribution in [0.4, 0.5) is 10.5 Å². The number of carbonyl (C=O) groups is 3. The van der Waals surface area contributed by atoms with Crippen molar-refractivity contribution in [3.8, 4) is 6.07 Å². The first-order valence-electron chi connectivity index (χ1n) is 7.09. The van der Waals surface area contributed by atoms with Crippen molar-refractivity contribution in [1.29, 1.82) is 5.26 Å². The molecule has 8 heteroatoms. The molecule has 0 bridgehead atoms. The molecular weight excluding hydrogens is 300 g/mol. The molecule has 0 radical (unpaired) electrons. The zero-order chi connectivity index (χ0) is 16.8. The molecule has 120 valence electrons. The van der Waals surface area contributed by atoms with Gasteiger partial charge in [0, 0.05) is 18.8 Å². The van der Waals surface area contributed by atoms with Gasteiger partial charge in [0.15, 0.2) is 0 Å². The number of rotatable bonds is 5. The maximum Gasteiger partial charge on any atom is 0.315 e. The summed E-state index contributed by atoms with van der Waals surface area (Å²) in [5, 5.41) is 22.2. The van der Waals surface area contributed by atoms with E-state index >= 15 is 0 Å². The summed E-state index contributed by atoms with van der Waals surface area (Å²) in [6.45, 7) is 0.465. The van der Waals surface area contributed by atoms with E-state index in [1.807, 2.05) is 6.07 Å². The van der Waals surface area contributed by atoms with Gasteiger partial charge in [-0.25, -0.2) is 4.79 Å². The fourth-order valence-electron chi connectivity index (χ4n) is 2.28. The summed E-state index contributed by atoms with van der Waals surface area (Å²) in [6.07, 6.45) is 0.286. The molecule has 3 amide bonds. The van der Waals surface area contributed by atoms with Gasteiger partial charge >= 0.3 is 12.0 Å². The molecule has 1 saturated heterocycles. The average Bonchev–Trinajstić information content (AvgIpc) is 2.88. The number of carbonyl (C=O) groups excluding carboxylic acids is 2. The van der Waals surface area contributed by atoms with Crippen molar-refractivity contribution in [3.63, 3.8) is 0 Å². The fourth-order valence-corrected chi connectivity index (χ4v) is 2.28. The number of hydrogen-bond donors (Lipinski definition) is 3. The second-order valence-corrected chi connectivity index (χ2v) is 5.03. The number of nitrogens with zero attached hydrogens (tertiary/aromatic N) is 2. The third kappa shape index (κ3) is 4.20. The Morgan fingerprint density at radius 3 is 2.65 bits per heavy atom. The molecule has 3 N–H and O–H groups in total. The second kappa shape index (κ2) is 7.26. The van der Waals surface area contributed by atoms with E-state index in [1.54, 1.807) is 29.2 Å². The van der Waals surface area contributed by atoms with Crippen LogP contribution in [0.5, 0.6) is 0 Å². The van der Waals surface area contributed by atoms with Gasteiger partial charge in [0.05, 0.1) is 18.1 Å². The number of nitrogens with one attached hydrogen (secondary N) is 2. The van der Waals surface area contributed by atoms with Crippen LogP contribution in [0.25, 0.3) is 0 Å². The molecule has 1 heterocycles. The van der Waals surface area contributed by atoms with Crippen LogP contribution < -0.4 is 15.5 Å². The van der Waals surface area contributed by atoms with E-state index in [0.29, 0.717) is 24.2 Å². The number of hydrogen-bond acceptors (Lipinski definition) is 4. The van der Waals surface area contributed by atoms with Crippen LogP contribution in [-0.2, 0) is 9.59 Å². The first-order chi connectivity index (χ1) is 11.0. The number of nitriles is 1. The zero-order valence-electron chi connectivity index (χ0n) is 12.3. The predicted molar refractivity (Wildman–Crippen MR) is 80.7 cm³/mol. The smallest absolute Gasteiger partial charge is 0.315 e. The molecule has 2 rings (SSSR count). The monoisotopic (exact) mass is 316 g/mol. The Labute approximate surface area is 132 Å². The number of anilines is 1. The number of carboxylic acid groups (broad SMARTS) is 1. The van der Waals surface area contributed by atoms with Crippen molar-refractivity contribution in [2.45, 2.75) is 18.9 Å². The van der Waals surface area contributed by atoms with Crippen LogP contribution in [-0.4, -0.2) is 42.1 Å². The quantitative estimate of drug-likeness (QED) is 0.727. The number of carboxylic acids is 1. The van der Waals surface area contributed by atoms with Crippen LogP contribution >= 0.6 is 0 Å². The number of amides is 3. The molecule has 0 aliphatic carbocycles. The van der Waals surface area contributed by atoms with E-state index in [-0.39, 0.29) is 18.9 Å². The molecule has 1 aromatic carbocycles. The van der Waals surface area contributed by atoms with Crippen LogP contribution in [0.2, 0.25) is 0 Å². The van der Waals surface area contributed by atoms with E-state index in [0.717, 1.165) is 0 Å². The van der Waals surface area contributed by atoms with Crippen molar-refractivity contribution < 1.29 is 19.5 Å². The minimum Gasteiger partial charge on any atom is -0.481 e. The fraction of sp³-hybridized carbons (Fsp3) is 0.333. The molecule has 1 atom stereocenters. The number of urea groups is 1. The Hall–Kier alpha value is -3.08. The van der Waals surface area contributed by atoms with E-state index < -0.39 is 18.0 Å². The molecule has 8 nitrogen and oxygen atoms in total. The summed E-state index contributed by atoms with van der Waals surface area (Å²) in [7, 11) is 0. The molecule has 23 heavy (non-hydrogen) atoms. The van der Waals surface area contributed by atoms with Gasteiger partial charge in [0.2, 0.25) is 5.91 Å². The highest BCUT2D eigenvalue weighted by Gasteiger charge is 2.33. The first kappa shape index (κ1) is 16.3.